The van der Waals surface area contributed by atoms with Gasteiger partial charge < -0.3 is 15.4 Å². The summed E-state index contributed by atoms with van der Waals surface area (Å²) in [7, 11) is 0. The molecule has 0 saturated carbocycles. The first-order valence-corrected chi connectivity index (χ1v) is 11.7. The van der Waals surface area contributed by atoms with Crippen LogP contribution in [0.1, 0.15) is 51.6 Å². The number of H-pyrrole nitrogens is 1. The lowest BCUT2D eigenvalue weighted by Gasteiger charge is -2.32. The van der Waals surface area contributed by atoms with Crippen LogP contribution < -0.4 is 5.73 Å². The number of hydrogen-bond acceptors (Lipinski definition) is 5. The minimum atomic E-state index is 0.0897. The Bertz CT molecular complexity index is 1140. The average Bonchev–Trinajstić information content (AvgIpc) is 3.25. The Hall–Kier alpha value is -3.19. The van der Waals surface area contributed by atoms with Crippen LogP contribution >= 0.6 is 0 Å². The summed E-state index contributed by atoms with van der Waals surface area (Å²) in [5.74, 6) is 2.59. The molecule has 7 nitrogen and oxygen atoms in total. The van der Waals surface area contributed by atoms with Crippen LogP contribution in [-0.4, -0.2) is 52.3 Å². The topological polar surface area (TPSA) is 97.1 Å². The highest BCUT2D eigenvalue weighted by atomic mass is 16.5. The number of nitrogen functional groups attached to an aromatic ring is 1. The van der Waals surface area contributed by atoms with Gasteiger partial charge in [-0.25, -0.2) is 4.98 Å². The number of piperidine rings is 1. The molecule has 2 aromatic carbocycles. The van der Waals surface area contributed by atoms with E-state index < -0.39 is 0 Å². The summed E-state index contributed by atoms with van der Waals surface area (Å²) in [6.45, 7) is 7.13. The lowest BCUT2D eigenvalue weighted by Crippen LogP contribution is -2.38. The van der Waals surface area contributed by atoms with Crippen LogP contribution in [0, 0.1) is 19.8 Å². The zero-order chi connectivity index (χ0) is 22.9. The van der Waals surface area contributed by atoms with Gasteiger partial charge in [0.15, 0.2) is 5.82 Å². The van der Waals surface area contributed by atoms with Crippen LogP contribution in [0.2, 0.25) is 0 Å². The number of hydrogen-bond donors (Lipinski definition) is 2. The molecule has 0 bridgehead atoms. The van der Waals surface area contributed by atoms with Gasteiger partial charge in [0.05, 0.1) is 13.2 Å². The minimum absolute atomic E-state index is 0.0897. The zero-order valence-corrected chi connectivity index (χ0v) is 19.3. The Kier molecular flexibility index (Phi) is 5.89. The van der Waals surface area contributed by atoms with Gasteiger partial charge in [0.1, 0.15) is 5.82 Å². The summed E-state index contributed by atoms with van der Waals surface area (Å²) in [6, 6.07) is 12.2. The third-order valence-corrected chi connectivity index (χ3v) is 6.95. The van der Waals surface area contributed by atoms with Crippen molar-refractivity contribution < 1.29 is 9.53 Å². The van der Waals surface area contributed by atoms with Gasteiger partial charge in [-0.3, -0.25) is 9.89 Å². The SMILES string of the molecule is Cc1cc(C)c(-c2n[nH]c(CC3COC3)n2)cc1C(=O)N1CCC(c2ccc(N)cc2)CC1. The molecule has 3 heterocycles. The van der Waals surface area contributed by atoms with E-state index >= 15 is 0 Å². The second-order valence-corrected chi connectivity index (χ2v) is 9.43. The lowest BCUT2D eigenvalue weighted by atomic mass is 9.89. The van der Waals surface area contributed by atoms with E-state index in [2.05, 4.69) is 28.4 Å². The summed E-state index contributed by atoms with van der Waals surface area (Å²) in [5.41, 5.74) is 11.6. The highest BCUT2D eigenvalue weighted by molar-refractivity contribution is 5.97. The highest BCUT2D eigenvalue weighted by Crippen LogP contribution is 2.31. The fourth-order valence-corrected chi connectivity index (χ4v) is 4.86. The number of nitrogens with zero attached hydrogens (tertiary/aromatic N) is 3. The van der Waals surface area contributed by atoms with Gasteiger partial charge in [-0.05, 0) is 67.5 Å². The number of benzene rings is 2. The molecule has 0 unspecified atom stereocenters. The van der Waals surface area contributed by atoms with Gasteiger partial charge in [0, 0.05) is 42.2 Å². The van der Waals surface area contributed by atoms with Crippen LogP contribution in [0.4, 0.5) is 5.69 Å². The van der Waals surface area contributed by atoms with E-state index in [0.717, 1.165) is 79.3 Å². The highest BCUT2D eigenvalue weighted by Gasteiger charge is 2.26. The number of amides is 1. The van der Waals surface area contributed by atoms with E-state index in [-0.39, 0.29) is 5.91 Å². The van der Waals surface area contributed by atoms with Crippen molar-refractivity contribution in [1.82, 2.24) is 20.1 Å². The number of likely N-dealkylation sites (tertiary alicyclic amines) is 1. The summed E-state index contributed by atoms with van der Waals surface area (Å²) in [4.78, 5) is 20.1. The molecule has 0 atom stereocenters. The first kappa shape index (κ1) is 21.6. The van der Waals surface area contributed by atoms with Gasteiger partial charge in [-0.2, -0.15) is 5.10 Å². The van der Waals surface area contributed by atoms with Crippen molar-refractivity contribution in [2.45, 2.75) is 39.0 Å². The predicted octanol–water partition coefficient (Wildman–Crippen LogP) is 3.88. The Morgan fingerprint density at radius 2 is 1.85 bits per heavy atom. The van der Waals surface area contributed by atoms with E-state index in [4.69, 9.17) is 15.5 Å². The van der Waals surface area contributed by atoms with Crippen LogP contribution in [0.5, 0.6) is 0 Å². The molecule has 5 rings (SSSR count). The molecule has 3 N–H and O–H groups in total. The number of carbonyl (C=O) groups excluding carboxylic acids is 1. The zero-order valence-electron chi connectivity index (χ0n) is 19.3. The maximum atomic E-state index is 13.4. The molecule has 3 aromatic rings. The summed E-state index contributed by atoms with van der Waals surface area (Å²) in [6.07, 6.45) is 2.76. The van der Waals surface area contributed by atoms with E-state index in [9.17, 15) is 4.79 Å². The van der Waals surface area contributed by atoms with Crippen molar-refractivity contribution in [2.24, 2.45) is 5.92 Å². The molecule has 7 heteroatoms. The Morgan fingerprint density at radius 3 is 2.52 bits per heavy atom. The first-order chi connectivity index (χ1) is 16.0. The van der Waals surface area contributed by atoms with E-state index in [1.165, 1.54) is 5.56 Å². The molecule has 2 aliphatic rings. The first-order valence-electron chi connectivity index (χ1n) is 11.7. The Labute approximate surface area is 194 Å². The fraction of sp³-hybridized carbons (Fsp3) is 0.423. The molecule has 0 aliphatic carbocycles. The van der Waals surface area contributed by atoms with E-state index in [1.54, 1.807) is 0 Å². The number of nitrogens with two attached hydrogens (primary N) is 1. The number of aromatic amines is 1. The molecular weight excluding hydrogens is 414 g/mol. The molecule has 2 fully saturated rings. The van der Waals surface area contributed by atoms with E-state index in [0.29, 0.717) is 17.7 Å². The van der Waals surface area contributed by atoms with Crippen molar-refractivity contribution >= 4 is 11.6 Å². The van der Waals surface area contributed by atoms with Gasteiger partial charge in [-0.1, -0.05) is 18.2 Å². The maximum absolute atomic E-state index is 13.4. The number of nitrogens with one attached hydrogen (secondary N) is 1. The number of anilines is 1. The second kappa shape index (κ2) is 8.98. The van der Waals surface area contributed by atoms with Gasteiger partial charge in [0.2, 0.25) is 0 Å². The molecule has 172 valence electrons. The molecule has 2 aliphatic heterocycles. The second-order valence-electron chi connectivity index (χ2n) is 9.43. The molecule has 1 aromatic heterocycles. The standard InChI is InChI=1S/C26H31N5O2/c1-16-11-17(2)23(13-22(16)25-28-24(29-30-25)12-18-14-33-15-18)26(32)31-9-7-20(8-10-31)19-3-5-21(27)6-4-19/h3-6,11,13,18,20H,7-10,12,14-15,27H2,1-2H3,(H,28,29,30). The smallest absolute Gasteiger partial charge is 0.254 e. The van der Waals surface area contributed by atoms with Crippen LogP contribution in [0.15, 0.2) is 36.4 Å². The monoisotopic (exact) mass is 445 g/mol. The van der Waals surface area contributed by atoms with Gasteiger partial charge in [-0.15, -0.1) is 0 Å². The summed E-state index contributed by atoms with van der Waals surface area (Å²) in [5, 5.41) is 7.50. The molecule has 2 saturated heterocycles. The molecule has 0 radical (unpaired) electrons. The number of ether oxygens (including phenoxy) is 1. The summed E-state index contributed by atoms with van der Waals surface area (Å²) < 4.78 is 5.26. The third kappa shape index (κ3) is 4.50. The van der Waals surface area contributed by atoms with Crippen molar-refractivity contribution in [3.63, 3.8) is 0 Å². The van der Waals surface area contributed by atoms with E-state index in [1.807, 2.05) is 36.9 Å². The van der Waals surface area contributed by atoms with Crippen molar-refractivity contribution in [3.05, 3.63) is 64.5 Å². The molecular formula is C26H31N5O2. The number of aromatic nitrogens is 3. The normalized spacial score (nSPS) is 17.2. The largest absolute Gasteiger partial charge is 0.399 e. The van der Waals surface area contributed by atoms with Gasteiger partial charge >= 0.3 is 0 Å². The van der Waals surface area contributed by atoms with Crippen molar-refractivity contribution in [2.75, 3.05) is 32.0 Å². The quantitative estimate of drug-likeness (QED) is 0.581. The van der Waals surface area contributed by atoms with Crippen LogP contribution in [-0.2, 0) is 11.2 Å². The summed E-state index contributed by atoms with van der Waals surface area (Å²) >= 11 is 0. The van der Waals surface area contributed by atoms with Crippen molar-refractivity contribution in [3.8, 4) is 11.4 Å². The van der Waals surface area contributed by atoms with Crippen LogP contribution in [0.3, 0.4) is 0 Å². The average molecular weight is 446 g/mol. The Balaban J connectivity index is 1.31. The number of carbonyl (C=O) groups is 1. The molecule has 1 amide bonds. The lowest BCUT2D eigenvalue weighted by molar-refractivity contribution is -0.0320. The molecule has 33 heavy (non-hydrogen) atoms. The number of aryl methyl sites for hydroxylation is 2. The maximum Gasteiger partial charge on any atom is 0.254 e. The predicted molar refractivity (Wildman–Crippen MR) is 128 cm³/mol. The number of rotatable bonds is 5. The third-order valence-electron chi connectivity index (χ3n) is 6.95. The fourth-order valence-electron chi connectivity index (χ4n) is 4.86. The molecule has 0 spiro atoms. The van der Waals surface area contributed by atoms with Gasteiger partial charge in [0.25, 0.3) is 5.91 Å². The van der Waals surface area contributed by atoms with Crippen molar-refractivity contribution in [1.29, 1.82) is 0 Å². The van der Waals surface area contributed by atoms with Crippen LogP contribution in [0.25, 0.3) is 11.4 Å². The minimum Gasteiger partial charge on any atom is -0.399 e. The Morgan fingerprint density at radius 1 is 1.12 bits per heavy atom.